The van der Waals surface area contributed by atoms with Gasteiger partial charge in [-0.3, -0.25) is 4.79 Å². The SMILES string of the molecule is CCO/C=C1\CC(C(C)C)CCC1=O. The molecule has 80 valence electrons. The summed E-state index contributed by atoms with van der Waals surface area (Å²) in [6.07, 6.45) is 4.30. The molecule has 0 aliphatic heterocycles. The van der Waals surface area contributed by atoms with E-state index in [1.54, 1.807) is 6.26 Å². The Kier molecular flexibility index (Phi) is 4.18. The number of ether oxygens (including phenoxy) is 1. The summed E-state index contributed by atoms with van der Waals surface area (Å²) >= 11 is 0. The van der Waals surface area contributed by atoms with Crippen LogP contribution in [0.25, 0.3) is 0 Å². The minimum atomic E-state index is 0.273. The molecule has 1 atom stereocenters. The average Bonchev–Trinajstić information content (AvgIpc) is 2.16. The first-order valence-electron chi connectivity index (χ1n) is 5.49. The molecule has 0 N–H and O–H groups in total. The highest BCUT2D eigenvalue weighted by molar-refractivity contribution is 5.95. The van der Waals surface area contributed by atoms with Gasteiger partial charge in [-0.25, -0.2) is 0 Å². The third-order valence-corrected chi connectivity index (χ3v) is 2.92. The predicted molar refractivity (Wildman–Crippen MR) is 56.9 cm³/mol. The zero-order valence-electron chi connectivity index (χ0n) is 9.38. The van der Waals surface area contributed by atoms with Crippen molar-refractivity contribution in [2.45, 2.75) is 40.0 Å². The van der Waals surface area contributed by atoms with Gasteiger partial charge in [0.25, 0.3) is 0 Å². The van der Waals surface area contributed by atoms with E-state index in [-0.39, 0.29) is 5.78 Å². The lowest BCUT2D eigenvalue weighted by Gasteiger charge is -2.26. The Morgan fingerprint density at radius 3 is 2.86 bits per heavy atom. The molecule has 0 radical (unpaired) electrons. The Balaban J connectivity index is 2.59. The van der Waals surface area contributed by atoms with Crippen molar-refractivity contribution in [2.24, 2.45) is 11.8 Å². The highest BCUT2D eigenvalue weighted by Gasteiger charge is 2.25. The molecule has 1 fully saturated rings. The van der Waals surface area contributed by atoms with Gasteiger partial charge < -0.3 is 4.74 Å². The van der Waals surface area contributed by atoms with Gasteiger partial charge in [-0.15, -0.1) is 0 Å². The summed E-state index contributed by atoms with van der Waals surface area (Å²) in [7, 11) is 0. The zero-order valence-corrected chi connectivity index (χ0v) is 9.38. The van der Waals surface area contributed by atoms with Gasteiger partial charge >= 0.3 is 0 Å². The molecular weight excluding hydrogens is 176 g/mol. The second-order valence-corrected chi connectivity index (χ2v) is 4.27. The minimum absolute atomic E-state index is 0.273. The summed E-state index contributed by atoms with van der Waals surface area (Å²) in [4.78, 5) is 11.5. The molecule has 0 aromatic rings. The van der Waals surface area contributed by atoms with E-state index in [0.29, 0.717) is 24.9 Å². The maximum atomic E-state index is 11.5. The molecule has 1 aliphatic carbocycles. The molecule has 1 aliphatic rings. The topological polar surface area (TPSA) is 26.3 Å². The Morgan fingerprint density at radius 2 is 2.29 bits per heavy atom. The van der Waals surface area contributed by atoms with Crippen molar-refractivity contribution in [1.82, 2.24) is 0 Å². The van der Waals surface area contributed by atoms with Gasteiger partial charge in [-0.2, -0.15) is 0 Å². The lowest BCUT2D eigenvalue weighted by atomic mass is 9.79. The Morgan fingerprint density at radius 1 is 1.57 bits per heavy atom. The summed E-state index contributed by atoms with van der Waals surface area (Å²) in [5, 5.41) is 0. The number of hydrogen-bond donors (Lipinski definition) is 0. The van der Waals surface area contributed by atoms with Crippen LogP contribution in [0.2, 0.25) is 0 Å². The van der Waals surface area contributed by atoms with Crippen LogP contribution in [0.3, 0.4) is 0 Å². The van der Waals surface area contributed by atoms with E-state index in [4.69, 9.17) is 4.74 Å². The van der Waals surface area contributed by atoms with E-state index < -0.39 is 0 Å². The number of carbonyl (C=O) groups is 1. The molecule has 0 amide bonds. The maximum Gasteiger partial charge on any atom is 0.161 e. The van der Waals surface area contributed by atoms with Crippen LogP contribution in [0.1, 0.15) is 40.0 Å². The molecule has 2 nitrogen and oxygen atoms in total. The normalized spacial score (nSPS) is 25.9. The van der Waals surface area contributed by atoms with E-state index in [1.165, 1.54) is 0 Å². The highest BCUT2D eigenvalue weighted by atomic mass is 16.5. The van der Waals surface area contributed by atoms with Crippen LogP contribution in [-0.4, -0.2) is 12.4 Å². The summed E-state index contributed by atoms with van der Waals surface area (Å²) in [6.45, 7) is 7.02. The van der Waals surface area contributed by atoms with E-state index in [0.717, 1.165) is 18.4 Å². The number of rotatable bonds is 3. The van der Waals surface area contributed by atoms with Crippen molar-refractivity contribution in [3.05, 3.63) is 11.8 Å². The molecule has 1 rings (SSSR count). The molecule has 0 spiro atoms. The first kappa shape index (κ1) is 11.3. The molecule has 14 heavy (non-hydrogen) atoms. The fourth-order valence-electron chi connectivity index (χ4n) is 1.84. The molecule has 0 aromatic carbocycles. The summed E-state index contributed by atoms with van der Waals surface area (Å²) in [5.41, 5.74) is 0.886. The first-order chi connectivity index (χ1) is 6.65. The van der Waals surface area contributed by atoms with Crippen molar-refractivity contribution in [3.8, 4) is 0 Å². The quantitative estimate of drug-likeness (QED) is 0.512. The molecule has 0 heterocycles. The summed E-state index contributed by atoms with van der Waals surface area (Å²) in [5.74, 6) is 1.59. The fourth-order valence-corrected chi connectivity index (χ4v) is 1.84. The van der Waals surface area contributed by atoms with Gasteiger partial charge in [0, 0.05) is 12.0 Å². The first-order valence-corrected chi connectivity index (χ1v) is 5.49. The maximum absolute atomic E-state index is 11.5. The van der Waals surface area contributed by atoms with Gasteiger partial charge in [-0.1, -0.05) is 13.8 Å². The van der Waals surface area contributed by atoms with E-state index in [9.17, 15) is 4.79 Å². The summed E-state index contributed by atoms with van der Waals surface area (Å²) < 4.78 is 5.19. The van der Waals surface area contributed by atoms with Crippen molar-refractivity contribution >= 4 is 5.78 Å². The Bertz CT molecular complexity index is 228. The molecule has 0 saturated heterocycles. The van der Waals surface area contributed by atoms with Gasteiger partial charge in [0.2, 0.25) is 0 Å². The van der Waals surface area contributed by atoms with Crippen LogP contribution in [0.15, 0.2) is 11.8 Å². The lowest BCUT2D eigenvalue weighted by Crippen LogP contribution is -2.21. The predicted octanol–water partition coefficient (Wildman–Crippen LogP) is 2.93. The van der Waals surface area contributed by atoms with Crippen molar-refractivity contribution < 1.29 is 9.53 Å². The lowest BCUT2D eigenvalue weighted by molar-refractivity contribution is -0.117. The van der Waals surface area contributed by atoms with Crippen LogP contribution in [0.5, 0.6) is 0 Å². The van der Waals surface area contributed by atoms with Crippen LogP contribution in [-0.2, 0) is 9.53 Å². The fraction of sp³-hybridized carbons (Fsp3) is 0.750. The van der Waals surface area contributed by atoms with Crippen LogP contribution < -0.4 is 0 Å². The molecule has 0 aromatic heterocycles. The van der Waals surface area contributed by atoms with Crippen LogP contribution in [0, 0.1) is 11.8 Å². The third-order valence-electron chi connectivity index (χ3n) is 2.92. The van der Waals surface area contributed by atoms with E-state index in [2.05, 4.69) is 13.8 Å². The Labute approximate surface area is 86.3 Å². The molecule has 2 heteroatoms. The third kappa shape index (κ3) is 2.86. The number of Topliss-reactive ketones (excluding diaryl/α,β-unsaturated/α-hetero) is 1. The molecule has 1 unspecified atom stereocenters. The van der Waals surface area contributed by atoms with Crippen molar-refractivity contribution in [2.75, 3.05) is 6.61 Å². The molecule has 1 saturated carbocycles. The van der Waals surface area contributed by atoms with Crippen LogP contribution in [0.4, 0.5) is 0 Å². The standard InChI is InChI=1S/C12H20O2/c1-4-14-8-11-7-10(9(2)3)5-6-12(11)13/h8-10H,4-7H2,1-3H3/b11-8+. The number of allylic oxidation sites excluding steroid dienone is 1. The van der Waals surface area contributed by atoms with Gasteiger partial charge in [-0.05, 0) is 31.6 Å². The molecular formula is C12H20O2. The number of hydrogen-bond acceptors (Lipinski definition) is 2. The second kappa shape index (κ2) is 5.18. The van der Waals surface area contributed by atoms with Crippen LogP contribution >= 0.6 is 0 Å². The average molecular weight is 196 g/mol. The number of ketones is 1. The summed E-state index contributed by atoms with van der Waals surface area (Å²) in [6, 6.07) is 0. The number of carbonyl (C=O) groups excluding carboxylic acids is 1. The smallest absolute Gasteiger partial charge is 0.161 e. The molecule has 0 bridgehead atoms. The van der Waals surface area contributed by atoms with E-state index >= 15 is 0 Å². The van der Waals surface area contributed by atoms with Crippen molar-refractivity contribution in [3.63, 3.8) is 0 Å². The zero-order chi connectivity index (χ0) is 10.6. The largest absolute Gasteiger partial charge is 0.501 e. The van der Waals surface area contributed by atoms with Gasteiger partial charge in [0.15, 0.2) is 5.78 Å². The minimum Gasteiger partial charge on any atom is -0.501 e. The van der Waals surface area contributed by atoms with E-state index in [1.807, 2.05) is 6.92 Å². The van der Waals surface area contributed by atoms with Gasteiger partial charge in [0.1, 0.15) is 0 Å². The Hall–Kier alpha value is -0.790. The second-order valence-electron chi connectivity index (χ2n) is 4.27. The monoisotopic (exact) mass is 196 g/mol. The van der Waals surface area contributed by atoms with Crippen molar-refractivity contribution in [1.29, 1.82) is 0 Å². The highest BCUT2D eigenvalue weighted by Crippen LogP contribution is 2.31. The van der Waals surface area contributed by atoms with Gasteiger partial charge in [0.05, 0.1) is 12.9 Å².